The maximum absolute atomic E-state index is 16.2. The van der Waals surface area contributed by atoms with Gasteiger partial charge in [0.15, 0.2) is 5.60 Å². The molecule has 3 aromatic carbocycles. The molecule has 58 heavy (non-hydrogen) atoms. The summed E-state index contributed by atoms with van der Waals surface area (Å²) in [7, 11) is -5.49. The normalized spacial score (nSPS) is 15.7. The van der Waals surface area contributed by atoms with Crippen molar-refractivity contribution in [1.29, 1.82) is 0 Å². The van der Waals surface area contributed by atoms with Crippen LogP contribution in [0.3, 0.4) is 0 Å². The van der Waals surface area contributed by atoms with E-state index < -0.39 is 66.8 Å². The molecule has 0 spiro atoms. The summed E-state index contributed by atoms with van der Waals surface area (Å²) < 4.78 is 118. The highest BCUT2D eigenvalue weighted by Crippen LogP contribution is 2.49. The fraction of sp³-hybridized carbons (Fsp3) is 0.257. The Hall–Kier alpha value is -5.80. The highest BCUT2D eigenvalue weighted by atomic mass is 31.2. The van der Waals surface area contributed by atoms with E-state index in [-0.39, 0.29) is 0 Å². The van der Waals surface area contributed by atoms with Gasteiger partial charge in [0, 0.05) is 60.9 Å². The molecule has 304 valence electrons. The third-order valence-electron chi connectivity index (χ3n) is 9.41. The Morgan fingerprint density at radius 1 is 0.793 bits per heavy atom. The van der Waals surface area contributed by atoms with Crippen molar-refractivity contribution in [1.82, 2.24) is 40.2 Å². The molecular weight excluding hydrogens is 804 g/mol. The van der Waals surface area contributed by atoms with Crippen LogP contribution < -0.4 is 9.80 Å². The summed E-state index contributed by atoms with van der Waals surface area (Å²) in [5, 5.41) is 28.7. The van der Waals surface area contributed by atoms with E-state index in [1.807, 2.05) is 12.1 Å². The zero-order valence-corrected chi connectivity index (χ0v) is 30.5. The van der Waals surface area contributed by atoms with Gasteiger partial charge in [-0.25, -0.2) is 22.7 Å². The Kier molecular flexibility index (Phi) is 10.8. The molecule has 4 heterocycles. The molecule has 0 bridgehead atoms. The number of pyridine rings is 1. The zero-order chi connectivity index (χ0) is 41.5. The maximum atomic E-state index is 16.2. The number of aromatic nitrogens is 8. The molecule has 2 atom stereocenters. The second-order valence-corrected chi connectivity index (χ2v) is 14.3. The Morgan fingerprint density at radius 3 is 1.93 bits per heavy atom. The van der Waals surface area contributed by atoms with Crippen LogP contribution >= 0.6 is 7.82 Å². The van der Waals surface area contributed by atoms with Gasteiger partial charge in [0.2, 0.25) is 6.10 Å². The fourth-order valence-electron chi connectivity index (χ4n) is 6.47. The van der Waals surface area contributed by atoms with Gasteiger partial charge in [-0.3, -0.25) is 9.51 Å². The van der Waals surface area contributed by atoms with Gasteiger partial charge >= 0.3 is 19.9 Å². The third kappa shape index (κ3) is 8.41. The summed E-state index contributed by atoms with van der Waals surface area (Å²) >= 11 is 0. The molecule has 6 aromatic rings. The monoisotopic (exact) mass is 834 g/mol. The Morgan fingerprint density at radius 2 is 1.40 bits per heavy atom. The van der Waals surface area contributed by atoms with Crippen LogP contribution in [-0.2, 0) is 27.2 Å². The van der Waals surface area contributed by atoms with Crippen molar-refractivity contribution in [3.8, 4) is 16.8 Å². The van der Waals surface area contributed by atoms with E-state index in [1.165, 1.54) is 12.3 Å². The van der Waals surface area contributed by atoms with Crippen LogP contribution in [0.1, 0.15) is 23.1 Å². The number of hydrogen-bond acceptors (Lipinski definition) is 11. The van der Waals surface area contributed by atoms with Gasteiger partial charge in [0.25, 0.3) is 0 Å². The van der Waals surface area contributed by atoms with E-state index in [9.17, 15) is 31.6 Å². The topological polar surface area (TPSA) is 181 Å². The molecule has 3 N–H and O–H groups in total. The van der Waals surface area contributed by atoms with Gasteiger partial charge in [0.05, 0.1) is 18.4 Å². The first-order valence-electron chi connectivity index (χ1n) is 17.1. The molecule has 23 heteroatoms. The number of phosphoric acid groups is 1. The molecule has 0 amide bonds. The molecule has 0 saturated carbocycles. The van der Waals surface area contributed by atoms with Gasteiger partial charge in [-0.15, -0.1) is 10.2 Å². The molecule has 1 aliphatic heterocycles. The Bertz CT molecular complexity index is 2390. The number of tetrazole rings is 1. The average molecular weight is 835 g/mol. The first kappa shape index (κ1) is 40.4. The minimum Gasteiger partial charge on any atom is -0.377 e. The third-order valence-corrected chi connectivity index (χ3v) is 9.89. The lowest BCUT2D eigenvalue weighted by Gasteiger charge is -2.37. The van der Waals surface area contributed by atoms with Crippen molar-refractivity contribution < 1.29 is 54.7 Å². The number of phosphoric ester groups is 1. The Labute approximate surface area is 323 Å². The minimum atomic E-state index is -5.49. The molecule has 15 nitrogen and oxygen atoms in total. The smallest absolute Gasteiger partial charge is 0.377 e. The summed E-state index contributed by atoms with van der Waals surface area (Å²) in [6.45, 7) is 1.50. The molecule has 1 unspecified atom stereocenters. The summed E-state index contributed by atoms with van der Waals surface area (Å²) in [6.07, 6.45) is -5.10. The van der Waals surface area contributed by atoms with E-state index in [0.29, 0.717) is 49.1 Å². The molecule has 3 aromatic heterocycles. The predicted molar refractivity (Wildman–Crippen MR) is 189 cm³/mol. The number of benzene rings is 3. The number of anilines is 2. The van der Waals surface area contributed by atoms with E-state index in [4.69, 9.17) is 9.79 Å². The van der Waals surface area contributed by atoms with Crippen molar-refractivity contribution in [2.24, 2.45) is 0 Å². The summed E-state index contributed by atoms with van der Waals surface area (Å²) in [4.78, 5) is 26.0. The van der Waals surface area contributed by atoms with Crippen LogP contribution in [0.4, 0.5) is 42.1 Å². The first-order valence-corrected chi connectivity index (χ1v) is 18.6. The SMILES string of the molecule is O=P(O)(O)OC(c1cn(-c2ccc(N3CCN(c4ccc(-c5ccc(C(F)(F)[C@](O)(Cn6cnnn6)c6ccc(F)cc6F)nc5)cc4)CC3)cc2)nn1)C(F)(F)F. The molecule has 1 aliphatic rings. The summed E-state index contributed by atoms with van der Waals surface area (Å²) in [5.74, 6) is -6.62. The molecule has 7 rings (SSSR count). The van der Waals surface area contributed by atoms with E-state index >= 15 is 8.78 Å². The van der Waals surface area contributed by atoms with Crippen molar-refractivity contribution in [3.05, 3.63) is 126 Å². The van der Waals surface area contributed by atoms with E-state index in [1.54, 1.807) is 36.4 Å². The number of halogens is 7. The highest BCUT2D eigenvalue weighted by molar-refractivity contribution is 7.46. The largest absolute Gasteiger partial charge is 0.470 e. The second kappa shape index (κ2) is 15.5. The predicted octanol–water partition coefficient (Wildman–Crippen LogP) is 5.31. The number of nitrogens with zero attached hydrogens (tertiary/aromatic N) is 10. The van der Waals surface area contributed by atoms with Gasteiger partial charge in [0.1, 0.15) is 29.3 Å². The fourth-order valence-corrected chi connectivity index (χ4v) is 6.98. The van der Waals surface area contributed by atoms with Crippen LogP contribution in [0.25, 0.3) is 16.8 Å². The molecule has 0 aliphatic carbocycles. The number of hydrogen-bond donors (Lipinski definition) is 3. The van der Waals surface area contributed by atoms with Crippen molar-refractivity contribution in [2.75, 3.05) is 36.0 Å². The second-order valence-electron chi connectivity index (χ2n) is 13.1. The number of alkyl halides is 5. The van der Waals surface area contributed by atoms with E-state index in [0.717, 1.165) is 51.5 Å². The van der Waals surface area contributed by atoms with Crippen LogP contribution in [0, 0.1) is 11.6 Å². The number of aliphatic hydroxyl groups is 1. The number of piperazine rings is 1. The Balaban J connectivity index is 0.989. The van der Waals surface area contributed by atoms with Gasteiger partial charge in [-0.1, -0.05) is 23.4 Å². The minimum absolute atomic E-state index is 0.347. The first-order chi connectivity index (χ1) is 27.4. The van der Waals surface area contributed by atoms with Crippen molar-refractivity contribution in [3.63, 3.8) is 0 Å². The molecule has 0 radical (unpaired) electrons. The molecular formula is C35H30F7N10O5P. The lowest BCUT2D eigenvalue weighted by Crippen LogP contribution is -2.48. The van der Waals surface area contributed by atoms with Crippen molar-refractivity contribution in [2.45, 2.75) is 30.3 Å². The standard InChI is InChI=1S/C35H30F7N10O5P/c36-24-4-11-28(29(37)17-24)33(53,20-51-21-44-46-48-51)34(38,39)31-12-3-23(18-43-31)22-1-5-25(6-2-22)49-13-15-50(16-14-49)26-7-9-27(10-8-26)52-19-30(45-47-52)32(35(40,41)42)57-58(54,55)56/h1-12,17-19,21,32,53H,13-16,20H2,(H2,54,55,56)/t32?,33-/m0/s1. The van der Waals surface area contributed by atoms with Crippen LogP contribution in [0.15, 0.2) is 97.6 Å². The lowest BCUT2D eigenvalue weighted by molar-refractivity contribution is -0.207. The van der Waals surface area contributed by atoms with Gasteiger partial charge in [-0.2, -0.15) is 22.0 Å². The van der Waals surface area contributed by atoms with Crippen molar-refractivity contribution >= 4 is 19.2 Å². The van der Waals surface area contributed by atoms with Crippen LogP contribution in [-0.4, -0.2) is 87.4 Å². The summed E-state index contributed by atoms with van der Waals surface area (Å²) in [5.41, 5.74) is -2.65. The van der Waals surface area contributed by atoms with Crippen LogP contribution in [0.5, 0.6) is 0 Å². The lowest BCUT2D eigenvalue weighted by atomic mass is 9.84. The summed E-state index contributed by atoms with van der Waals surface area (Å²) in [6, 6.07) is 18.3. The average Bonchev–Trinajstić information content (AvgIpc) is 3.89. The highest BCUT2D eigenvalue weighted by Gasteiger charge is 2.58. The zero-order valence-electron chi connectivity index (χ0n) is 29.6. The quantitative estimate of drug-likeness (QED) is 0.107. The van der Waals surface area contributed by atoms with Crippen LogP contribution in [0.2, 0.25) is 0 Å². The number of rotatable bonds is 12. The van der Waals surface area contributed by atoms with E-state index in [2.05, 4.69) is 45.1 Å². The van der Waals surface area contributed by atoms with Gasteiger partial charge < -0.3 is 24.7 Å². The maximum Gasteiger partial charge on any atom is 0.470 e. The van der Waals surface area contributed by atoms with Gasteiger partial charge in [-0.05, 0) is 70.6 Å². The molecule has 1 saturated heterocycles. The molecule has 1 fully saturated rings.